The summed E-state index contributed by atoms with van der Waals surface area (Å²) in [7, 11) is 1.53. The SMILES string of the molecule is CCCNc1ncc(F)c(Nc2ccc(OC)c(Cl)c2)n1. The van der Waals surface area contributed by atoms with Crippen molar-refractivity contribution in [1.29, 1.82) is 0 Å². The molecule has 0 amide bonds. The molecule has 1 heterocycles. The van der Waals surface area contributed by atoms with Gasteiger partial charge in [0, 0.05) is 12.2 Å². The molecule has 112 valence electrons. The Balaban J connectivity index is 2.20. The summed E-state index contributed by atoms with van der Waals surface area (Å²) in [6, 6.07) is 5.06. The van der Waals surface area contributed by atoms with Crippen LogP contribution in [0.3, 0.4) is 0 Å². The van der Waals surface area contributed by atoms with E-state index in [1.165, 1.54) is 7.11 Å². The maximum absolute atomic E-state index is 13.8. The molecule has 1 aromatic heterocycles. The van der Waals surface area contributed by atoms with Crippen molar-refractivity contribution in [3.05, 3.63) is 35.2 Å². The molecule has 5 nitrogen and oxygen atoms in total. The largest absolute Gasteiger partial charge is 0.495 e. The molecule has 0 unspecified atom stereocenters. The molecule has 0 fully saturated rings. The number of halogens is 2. The first-order valence-corrected chi connectivity index (χ1v) is 6.88. The Morgan fingerprint density at radius 1 is 1.38 bits per heavy atom. The molecule has 0 atom stereocenters. The van der Waals surface area contributed by atoms with Gasteiger partial charge in [0.1, 0.15) is 5.75 Å². The van der Waals surface area contributed by atoms with Gasteiger partial charge in [-0.3, -0.25) is 0 Å². The van der Waals surface area contributed by atoms with Gasteiger partial charge in [-0.1, -0.05) is 18.5 Å². The van der Waals surface area contributed by atoms with Gasteiger partial charge < -0.3 is 15.4 Å². The van der Waals surface area contributed by atoms with Crippen LogP contribution in [0.4, 0.5) is 21.8 Å². The van der Waals surface area contributed by atoms with Crippen LogP contribution in [-0.2, 0) is 0 Å². The zero-order valence-corrected chi connectivity index (χ0v) is 12.5. The first-order valence-electron chi connectivity index (χ1n) is 6.51. The standard InChI is InChI=1S/C14H16ClFN4O/c1-3-6-17-14-18-8-11(16)13(20-14)19-9-4-5-12(21-2)10(15)7-9/h4-5,7-8H,3,6H2,1-2H3,(H2,17,18,19,20). The van der Waals surface area contributed by atoms with Crippen molar-refractivity contribution in [2.75, 3.05) is 24.3 Å². The lowest BCUT2D eigenvalue weighted by Crippen LogP contribution is -2.07. The minimum atomic E-state index is -0.538. The second kappa shape index (κ2) is 7.08. The average molecular weight is 311 g/mol. The van der Waals surface area contributed by atoms with Gasteiger partial charge in [-0.05, 0) is 24.6 Å². The van der Waals surface area contributed by atoms with Gasteiger partial charge in [-0.25, -0.2) is 9.37 Å². The molecule has 0 radical (unpaired) electrons. The molecule has 0 aliphatic rings. The van der Waals surface area contributed by atoms with E-state index in [9.17, 15) is 4.39 Å². The quantitative estimate of drug-likeness (QED) is 0.849. The van der Waals surface area contributed by atoms with E-state index in [1.54, 1.807) is 18.2 Å². The highest BCUT2D eigenvalue weighted by Crippen LogP contribution is 2.29. The summed E-state index contributed by atoms with van der Waals surface area (Å²) in [5.41, 5.74) is 0.611. The van der Waals surface area contributed by atoms with E-state index in [0.717, 1.165) is 19.2 Å². The summed E-state index contributed by atoms with van der Waals surface area (Å²) in [5, 5.41) is 6.31. The number of hydrogen-bond donors (Lipinski definition) is 2. The molecule has 0 saturated heterocycles. The highest BCUT2D eigenvalue weighted by molar-refractivity contribution is 6.32. The van der Waals surface area contributed by atoms with Crippen LogP contribution >= 0.6 is 11.6 Å². The van der Waals surface area contributed by atoms with E-state index in [0.29, 0.717) is 22.4 Å². The summed E-state index contributed by atoms with van der Waals surface area (Å²) in [4.78, 5) is 7.97. The zero-order valence-electron chi connectivity index (χ0n) is 11.8. The lowest BCUT2D eigenvalue weighted by atomic mass is 10.3. The highest BCUT2D eigenvalue weighted by Gasteiger charge is 2.08. The lowest BCUT2D eigenvalue weighted by molar-refractivity contribution is 0.415. The van der Waals surface area contributed by atoms with E-state index in [1.807, 2.05) is 6.92 Å². The maximum Gasteiger partial charge on any atom is 0.224 e. The van der Waals surface area contributed by atoms with Gasteiger partial charge in [0.25, 0.3) is 0 Å². The smallest absolute Gasteiger partial charge is 0.224 e. The van der Waals surface area contributed by atoms with Gasteiger partial charge in [0.2, 0.25) is 5.95 Å². The van der Waals surface area contributed by atoms with Crippen molar-refractivity contribution in [3.63, 3.8) is 0 Å². The summed E-state index contributed by atoms with van der Waals surface area (Å²) in [6.07, 6.45) is 2.05. The van der Waals surface area contributed by atoms with Crippen molar-refractivity contribution in [2.24, 2.45) is 0 Å². The fourth-order valence-corrected chi connectivity index (χ4v) is 1.92. The Hall–Kier alpha value is -2.08. The fourth-order valence-electron chi connectivity index (χ4n) is 1.66. The fraction of sp³-hybridized carbons (Fsp3) is 0.286. The zero-order chi connectivity index (χ0) is 15.2. The van der Waals surface area contributed by atoms with E-state index in [4.69, 9.17) is 16.3 Å². The molecule has 2 rings (SSSR count). The molecule has 0 aliphatic carbocycles. The van der Waals surface area contributed by atoms with Crippen LogP contribution in [0.1, 0.15) is 13.3 Å². The van der Waals surface area contributed by atoms with Crippen LogP contribution in [0.25, 0.3) is 0 Å². The Morgan fingerprint density at radius 3 is 2.86 bits per heavy atom. The van der Waals surface area contributed by atoms with Crippen molar-refractivity contribution >= 4 is 29.1 Å². The van der Waals surface area contributed by atoms with Gasteiger partial charge in [-0.2, -0.15) is 4.98 Å². The van der Waals surface area contributed by atoms with Gasteiger partial charge in [0.05, 0.1) is 18.3 Å². The third kappa shape index (κ3) is 3.95. The predicted octanol–water partition coefficient (Wildman–Crippen LogP) is 3.84. The second-order valence-electron chi connectivity index (χ2n) is 4.29. The van der Waals surface area contributed by atoms with Crippen LogP contribution < -0.4 is 15.4 Å². The first kappa shape index (κ1) is 15.3. The lowest BCUT2D eigenvalue weighted by Gasteiger charge is -2.10. The molecule has 0 bridgehead atoms. The second-order valence-corrected chi connectivity index (χ2v) is 4.70. The first-order chi connectivity index (χ1) is 10.1. The third-order valence-electron chi connectivity index (χ3n) is 2.69. The summed E-state index contributed by atoms with van der Waals surface area (Å²) >= 11 is 6.03. The molecular weight excluding hydrogens is 295 g/mol. The topological polar surface area (TPSA) is 59.1 Å². The molecule has 7 heteroatoms. The number of benzene rings is 1. The Bertz CT molecular complexity index is 624. The molecular formula is C14H16ClFN4O. The van der Waals surface area contributed by atoms with Crippen molar-refractivity contribution in [2.45, 2.75) is 13.3 Å². The monoisotopic (exact) mass is 310 g/mol. The number of nitrogens with zero attached hydrogens (tertiary/aromatic N) is 2. The number of methoxy groups -OCH3 is 1. The van der Waals surface area contributed by atoms with Crippen LogP contribution in [0.5, 0.6) is 5.75 Å². The van der Waals surface area contributed by atoms with Crippen LogP contribution in [-0.4, -0.2) is 23.6 Å². The number of aromatic nitrogens is 2. The number of nitrogens with one attached hydrogen (secondary N) is 2. The normalized spacial score (nSPS) is 10.3. The van der Waals surface area contributed by atoms with E-state index in [2.05, 4.69) is 20.6 Å². The van der Waals surface area contributed by atoms with Gasteiger partial charge in [-0.15, -0.1) is 0 Å². The molecule has 21 heavy (non-hydrogen) atoms. The summed E-state index contributed by atoms with van der Waals surface area (Å²) in [5.74, 6) is 0.477. The minimum Gasteiger partial charge on any atom is -0.495 e. The number of anilines is 3. The van der Waals surface area contributed by atoms with E-state index < -0.39 is 5.82 Å². The van der Waals surface area contributed by atoms with Crippen LogP contribution in [0, 0.1) is 5.82 Å². The Labute approximate surface area is 127 Å². The molecule has 0 saturated carbocycles. The summed E-state index contributed by atoms with van der Waals surface area (Å²) < 4.78 is 18.8. The molecule has 2 aromatic rings. The Kier molecular flexibility index (Phi) is 5.16. The van der Waals surface area contributed by atoms with Gasteiger partial charge >= 0.3 is 0 Å². The molecule has 2 N–H and O–H groups in total. The van der Waals surface area contributed by atoms with Crippen molar-refractivity contribution in [1.82, 2.24) is 9.97 Å². The number of rotatable bonds is 6. The van der Waals surface area contributed by atoms with E-state index in [-0.39, 0.29) is 5.82 Å². The van der Waals surface area contributed by atoms with Crippen LogP contribution in [0.15, 0.2) is 24.4 Å². The van der Waals surface area contributed by atoms with Gasteiger partial charge in [0.15, 0.2) is 11.6 Å². The van der Waals surface area contributed by atoms with Crippen molar-refractivity contribution < 1.29 is 9.13 Å². The minimum absolute atomic E-state index is 0.0878. The number of ether oxygens (including phenoxy) is 1. The van der Waals surface area contributed by atoms with E-state index >= 15 is 0 Å². The highest BCUT2D eigenvalue weighted by atomic mass is 35.5. The average Bonchev–Trinajstić information content (AvgIpc) is 2.48. The van der Waals surface area contributed by atoms with Crippen LogP contribution in [0.2, 0.25) is 5.02 Å². The maximum atomic E-state index is 13.8. The molecule has 1 aromatic carbocycles. The summed E-state index contributed by atoms with van der Waals surface area (Å²) in [6.45, 7) is 2.74. The molecule has 0 aliphatic heterocycles. The predicted molar refractivity (Wildman–Crippen MR) is 82.1 cm³/mol. The molecule has 0 spiro atoms. The Morgan fingerprint density at radius 2 is 2.19 bits per heavy atom. The third-order valence-corrected chi connectivity index (χ3v) is 2.99. The number of hydrogen-bond acceptors (Lipinski definition) is 5. The van der Waals surface area contributed by atoms with Crippen molar-refractivity contribution in [3.8, 4) is 5.75 Å².